The largest absolute Gasteiger partial charge is 0.377 e. The molecule has 0 saturated carbocycles. The van der Waals surface area contributed by atoms with Gasteiger partial charge >= 0.3 is 0 Å². The molecule has 15 heavy (non-hydrogen) atoms. The van der Waals surface area contributed by atoms with Crippen LogP contribution in [0.15, 0.2) is 0 Å². The third kappa shape index (κ3) is 5.74. The molecule has 0 saturated heterocycles. The van der Waals surface area contributed by atoms with Crippen molar-refractivity contribution >= 4 is 5.91 Å². The van der Waals surface area contributed by atoms with Crippen molar-refractivity contribution in [3.05, 3.63) is 0 Å². The van der Waals surface area contributed by atoms with Gasteiger partial charge in [0.05, 0.1) is 18.1 Å². The van der Waals surface area contributed by atoms with E-state index in [9.17, 15) is 4.79 Å². The minimum absolute atomic E-state index is 0.176. The zero-order chi connectivity index (χ0) is 12.1. The maximum Gasteiger partial charge on any atom is 0.241 e. The van der Waals surface area contributed by atoms with Crippen LogP contribution in [-0.4, -0.2) is 18.6 Å². The van der Waals surface area contributed by atoms with Crippen LogP contribution in [0.4, 0.5) is 0 Å². The number of nitrogens with two attached hydrogens (primary N) is 1. The SMILES string of the molecule is CC(C)CC(C)OCC(C)(C)C(=O)NN. The molecule has 4 nitrogen and oxygen atoms in total. The summed E-state index contributed by atoms with van der Waals surface area (Å²) in [4.78, 5) is 11.4. The molecule has 0 aliphatic heterocycles. The molecule has 1 unspecified atom stereocenters. The molecule has 0 rings (SSSR count). The Morgan fingerprint density at radius 3 is 2.33 bits per heavy atom. The Balaban J connectivity index is 3.98. The molecule has 90 valence electrons. The molecule has 4 heteroatoms. The quantitative estimate of drug-likeness (QED) is 0.401. The van der Waals surface area contributed by atoms with Crippen molar-refractivity contribution in [2.45, 2.75) is 47.1 Å². The summed E-state index contributed by atoms with van der Waals surface area (Å²) >= 11 is 0. The number of hydrazine groups is 1. The summed E-state index contributed by atoms with van der Waals surface area (Å²) in [6.45, 7) is 10.4. The summed E-state index contributed by atoms with van der Waals surface area (Å²) in [5, 5.41) is 0. The van der Waals surface area contributed by atoms with Gasteiger partial charge < -0.3 is 4.74 Å². The lowest BCUT2D eigenvalue weighted by Crippen LogP contribution is -2.44. The van der Waals surface area contributed by atoms with Gasteiger partial charge in [0, 0.05) is 0 Å². The van der Waals surface area contributed by atoms with Gasteiger partial charge in [0.25, 0.3) is 0 Å². The normalized spacial score (nSPS) is 14.1. The van der Waals surface area contributed by atoms with Gasteiger partial charge in [-0.25, -0.2) is 5.84 Å². The molecule has 0 aromatic carbocycles. The fourth-order valence-electron chi connectivity index (χ4n) is 1.34. The minimum atomic E-state index is -0.569. The Kier molecular flexibility index (Phi) is 5.83. The Bertz CT molecular complexity index is 203. The lowest BCUT2D eigenvalue weighted by Gasteiger charge is -2.25. The number of ether oxygens (including phenoxy) is 1. The van der Waals surface area contributed by atoms with E-state index >= 15 is 0 Å². The van der Waals surface area contributed by atoms with Gasteiger partial charge in [0.2, 0.25) is 5.91 Å². The highest BCUT2D eigenvalue weighted by atomic mass is 16.5. The Morgan fingerprint density at radius 2 is 1.93 bits per heavy atom. The van der Waals surface area contributed by atoms with E-state index in [0.29, 0.717) is 12.5 Å². The number of hydrogen-bond acceptors (Lipinski definition) is 3. The maximum atomic E-state index is 11.4. The van der Waals surface area contributed by atoms with Crippen LogP contribution in [0.3, 0.4) is 0 Å². The van der Waals surface area contributed by atoms with Crippen molar-refractivity contribution in [3.8, 4) is 0 Å². The second-order valence-electron chi connectivity index (χ2n) is 5.11. The predicted octanol–water partition coefficient (Wildman–Crippen LogP) is 1.45. The molecule has 0 aromatic rings. The first kappa shape index (κ1) is 14.4. The van der Waals surface area contributed by atoms with Crippen LogP contribution < -0.4 is 11.3 Å². The lowest BCUT2D eigenvalue weighted by molar-refractivity contribution is -0.134. The molecule has 0 aliphatic rings. The molecule has 3 N–H and O–H groups in total. The van der Waals surface area contributed by atoms with Gasteiger partial charge in [-0.15, -0.1) is 0 Å². The average molecular weight is 216 g/mol. The summed E-state index contributed by atoms with van der Waals surface area (Å²) in [5.41, 5.74) is 1.58. The number of hydrogen-bond donors (Lipinski definition) is 2. The van der Waals surface area contributed by atoms with Crippen LogP contribution in [0.2, 0.25) is 0 Å². The number of nitrogens with one attached hydrogen (secondary N) is 1. The van der Waals surface area contributed by atoms with Crippen molar-refractivity contribution in [2.75, 3.05) is 6.61 Å². The number of amides is 1. The summed E-state index contributed by atoms with van der Waals surface area (Å²) in [5.74, 6) is 5.50. The Morgan fingerprint density at radius 1 is 1.40 bits per heavy atom. The molecule has 0 aliphatic carbocycles. The van der Waals surface area contributed by atoms with Crippen molar-refractivity contribution in [2.24, 2.45) is 17.2 Å². The molecule has 0 spiro atoms. The highest BCUT2D eigenvalue weighted by Crippen LogP contribution is 2.17. The van der Waals surface area contributed by atoms with Crippen LogP contribution in [0.5, 0.6) is 0 Å². The van der Waals surface area contributed by atoms with Crippen LogP contribution in [0.25, 0.3) is 0 Å². The molecule has 0 heterocycles. The van der Waals surface area contributed by atoms with E-state index in [0.717, 1.165) is 6.42 Å². The molecule has 0 bridgehead atoms. The van der Waals surface area contributed by atoms with Gasteiger partial charge in [-0.3, -0.25) is 10.2 Å². The Labute approximate surface area is 92.5 Å². The molecule has 0 aromatic heterocycles. The van der Waals surface area contributed by atoms with Gasteiger partial charge in [-0.1, -0.05) is 13.8 Å². The van der Waals surface area contributed by atoms with Gasteiger partial charge in [-0.05, 0) is 33.1 Å². The molecule has 1 atom stereocenters. The summed E-state index contributed by atoms with van der Waals surface area (Å²) in [6.07, 6.45) is 1.18. The highest BCUT2D eigenvalue weighted by molar-refractivity contribution is 5.81. The zero-order valence-corrected chi connectivity index (χ0v) is 10.5. The van der Waals surface area contributed by atoms with Gasteiger partial charge in [0.1, 0.15) is 0 Å². The van der Waals surface area contributed by atoms with E-state index in [1.807, 2.05) is 20.8 Å². The van der Waals surface area contributed by atoms with Gasteiger partial charge in [0.15, 0.2) is 0 Å². The van der Waals surface area contributed by atoms with Crippen LogP contribution >= 0.6 is 0 Å². The number of carbonyl (C=O) groups is 1. The molecule has 0 fully saturated rings. The van der Waals surface area contributed by atoms with E-state index in [-0.39, 0.29) is 12.0 Å². The average Bonchev–Trinajstić information content (AvgIpc) is 2.12. The number of rotatable bonds is 6. The van der Waals surface area contributed by atoms with E-state index in [1.54, 1.807) is 0 Å². The predicted molar refractivity (Wildman–Crippen MR) is 61.0 cm³/mol. The second-order valence-corrected chi connectivity index (χ2v) is 5.11. The maximum absolute atomic E-state index is 11.4. The smallest absolute Gasteiger partial charge is 0.241 e. The minimum Gasteiger partial charge on any atom is -0.377 e. The zero-order valence-electron chi connectivity index (χ0n) is 10.5. The summed E-state index contributed by atoms with van der Waals surface area (Å²) < 4.78 is 5.62. The van der Waals surface area contributed by atoms with Crippen molar-refractivity contribution < 1.29 is 9.53 Å². The summed E-state index contributed by atoms with van der Waals surface area (Å²) in [6, 6.07) is 0. The van der Waals surface area contributed by atoms with E-state index in [2.05, 4.69) is 19.3 Å². The van der Waals surface area contributed by atoms with E-state index in [1.165, 1.54) is 0 Å². The first-order valence-corrected chi connectivity index (χ1v) is 5.42. The second kappa shape index (κ2) is 6.08. The number of carbonyl (C=O) groups excluding carboxylic acids is 1. The van der Waals surface area contributed by atoms with Gasteiger partial charge in [-0.2, -0.15) is 0 Å². The third-order valence-corrected chi connectivity index (χ3v) is 2.28. The standard InChI is InChI=1S/C11H24N2O2/c1-8(2)6-9(3)15-7-11(4,5)10(14)13-12/h8-9H,6-7,12H2,1-5H3,(H,13,14). The highest BCUT2D eigenvalue weighted by Gasteiger charge is 2.28. The molecule has 0 radical (unpaired) electrons. The van der Waals surface area contributed by atoms with Crippen LogP contribution in [0, 0.1) is 11.3 Å². The Hall–Kier alpha value is -0.610. The van der Waals surface area contributed by atoms with E-state index in [4.69, 9.17) is 10.6 Å². The lowest BCUT2D eigenvalue weighted by atomic mass is 9.94. The monoisotopic (exact) mass is 216 g/mol. The fraction of sp³-hybridized carbons (Fsp3) is 0.909. The van der Waals surface area contributed by atoms with Crippen molar-refractivity contribution in [1.29, 1.82) is 0 Å². The van der Waals surface area contributed by atoms with Crippen molar-refractivity contribution in [1.82, 2.24) is 5.43 Å². The molecular weight excluding hydrogens is 192 g/mol. The summed E-state index contributed by atoms with van der Waals surface area (Å²) in [7, 11) is 0. The third-order valence-electron chi connectivity index (χ3n) is 2.28. The molecule has 1 amide bonds. The first-order chi connectivity index (χ1) is 6.79. The first-order valence-electron chi connectivity index (χ1n) is 5.42. The van der Waals surface area contributed by atoms with Crippen LogP contribution in [0.1, 0.15) is 41.0 Å². The fourth-order valence-corrected chi connectivity index (χ4v) is 1.34. The topological polar surface area (TPSA) is 64.3 Å². The van der Waals surface area contributed by atoms with Crippen LogP contribution in [-0.2, 0) is 9.53 Å². The van der Waals surface area contributed by atoms with Crippen molar-refractivity contribution in [3.63, 3.8) is 0 Å². The van der Waals surface area contributed by atoms with E-state index < -0.39 is 5.41 Å². The molecular formula is C11H24N2O2.